The van der Waals surface area contributed by atoms with Crippen LogP contribution in [0.5, 0.6) is 0 Å². The molecule has 0 heterocycles. The number of nitrogens with one attached hydrogen (secondary N) is 1. The zero-order valence-electron chi connectivity index (χ0n) is 13.3. The molecular formula is C17H17N3O4. The quantitative estimate of drug-likeness (QED) is 0.501. The summed E-state index contributed by atoms with van der Waals surface area (Å²) in [7, 11) is 1.43. The number of benzene rings is 2. The average Bonchev–Trinajstić information content (AvgIpc) is 2.58. The summed E-state index contributed by atoms with van der Waals surface area (Å²) >= 11 is 0. The van der Waals surface area contributed by atoms with Crippen LogP contribution in [0.25, 0.3) is 0 Å². The summed E-state index contributed by atoms with van der Waals surface area (Å²) < 4.78 is 5.19. The van der Waals surface area contributed by atoms with Crippen molar-refractivity contribution in [2.75, 3.05) is 7.11 Å². The summed E-state index contributed by atoms with van der Waals surface area (Å²) in [5.41, 5.74) is 4.17. The van der Waals surface area contributed by atoms with E-state index >= 15 is 0 Å². The van der Waals surface area contributed by atoms with Gasteiger partial charge < -0.3 is 4.74 Å². The van der Waals surface area contributed by atoms with Crippen LogP contribution in [0.2, 0.25) is 0 Å². The highest BCUT2D eigenvalue weighted by molar-refractivity contribution is 5.85. The Bertz CT molecular complexity index is 760. The summed E-state index contributed by atoms with van der Waals surface area (Å²) in [5, 5.41) is 14.8. The predicted molar refractivity (Wildman–Crippen MR) is 89.8 cm³/mol. The van der Waals surface area contributed by atoms with Gasteiger partial charge in [0.25, 0.3) is 11.6 Å². The normalized spacial score (nSPS) is 12.1. The first-order valence-corrected chi connectivity index (χ1v) is 7.18. The fourth-order valence-corrected chi connectivity index (χ4v) is 2.15. The van der Waals surface area contributed by atoms with Gasteiger partial charge in [0.2, 0.25) is 0 Å². The summed E-state index contributed by atoms with van der Waals surface area (Å²) in [4.78, 5) is 22.6. The number of aryl methyl sites for hydroxylation is 1. The van der Waals surface area contributed by atoms with E-state index in [1.807, 2.05) is 18.2 Å². The second-order valence-electron chi connectivity index (χ2n) is 5.06. The minimum absolute atomic E-state index is 0.00401. The maximum Gasteiger partial charge on any atom is 0.273 e. The Morgan fingerprint density at radius 1 is 1.29 bits per heavy atom. The zero-order chi connectivity index (χ0) is 17.5. The van der Waals surface area contributed by atoms with Gasteiger partial charge in [0, 0.05) is 24.3 Å². The molecule has 0 saturated carbocycles. The molecule has 24 heavy (non-hydrogen) atoms. The molecule has 0 fully saturated rings. The molecule has 1 amide bonds. The van der Waals surface area contributed by atoms with Crippen LogP contribution in [0.1, 0.15) is 22.8 Å². The van der Waals surface area contributed by atoms with Crippen molar-refractivity contribution < 1.29 is 14.5 Å². The van der Waals surface area contributed by atoms with Crippen molar-refractivity contribution in [3.8, 4) is 0 Å². The Labute approximate surface area is 139 Å². The molecule has 0 bridgehead atoms. The number of rotatable bonds is 6. The van der Waals surface area contributed by atoms with Crippen LogP contribution in [-0.4, -0.2) is 24.2 Å². The van der Waals surface area contributed by atoms with Gasteiger partial charge in [0.05, 0.1) is 11.1 Å². The molecule has 0 saturated heterocycles. The molecule has 0 unspecified atom stereocenters. The maximum absolute atomic E-state index is 12.1. The predicted octanol–water partition coefficient (Wildman–Crippen LogP) is 2.74. The number of hydrogen-bond acceptors (Lipinski definition) is 5. The van der Waals surface area contributed by atoms with Crippen molar-refractivity contribution in [1.29, 1.82) is 0 Å². The van der Waals surface area contributed by atoms with E-state index in [1.54, 1.807) is 31.2 Å². The number of carbonyl (C=O) groups is 1. The fourth-order valence-electron chi connectivity index (χ4n) is 2.15. The second kappa shape index (κ2) is 7.98. The van der Waals surface area contributed by atoms with Gasteiger partial charge in [-0.2, -0.15) is 5.10 Å². The second-order valence-corrected chi connectivity index (χ2v) is 5.06. The number of nitro benzene ring substituents is 1. The van der Waals surface area contributed by atoms with E-state index in [1.165, 1.54) is 19.4 Å². The van der Waals surface area contributed by atoms with E-state index in [2.05, 4.69) is 10.5 Å². The lowest BCUT2D eigenvalue weighted by Gasteiger charge is -2.13. The van der Waals surface area contributed by atoms with Gasteiger partial charge in [-0.1, -0.05) is 42.5 Å². The molecule has 7 heteroatoms. The molecule has 0 radical (unpaired) electrons. The summed E-state index contributed by atoms with van der Waals surface area (Å²) in [5.74, 6) is -0.429. The van der Waals surface area contributed by atoms with Crippen LogP contribution >= 0.6 is 0 Å². The Kier molecular flexibility index (Phi) is 5.75. The molecule has 1 atom stereocenters. The highest BCUT2D eigenvalue weighted by Crippen LogP contribution is 2.18. The number of ether oxygens (including phenoxy) is 1. The molecule has 2 rings (SSSR count). The van der Waals surface area contributed by atoms with Gasteiger partial charge in [-0.05, 0) is 12.5 Å². The SMILES string of the molecule is CO[C@H](C(=O)N/N=C\c1ccc(C)c([N+](=O)[O-])c1)c1ccccc1. The van der Waals surface area contributed by atoms with E-state index < -0.39 is 16.9 Å². The highest BCUT2D eigenvalue weighted by Gasteiger charge is 2.19. The van der Waals surface area contributed by atoms with Gasteiger partial charge in [0.15, 0.2) is 6.10 Å². The van der Waals surface area contributed by atoms with Gasteiger partial charge in [0.1, 0.15) is 0 Å². The third-order valence-corrected chi connectivity index (χ3v) is 3.39. The van der Waals surface area contributed by atoms with E-state index in [0.717, 1.165) is 0 Å². The fraction of sp³-hybridized carbons (Fsp3) is 0.176. The van der Waals surface area contributed by atoms with E-state index in [4.69, 9.17) is 4.74 Å². The highest BCUT2D eigenvalue weighted by atomic mass is 16.6. The molecule has 1 N–H and O–H groups in total. The molecule has 0 spiro atoms. The summed E-state index contributed by atoms with van der Waals surface area (Å²) in [6, 6.07) is 13.7. The van der Waals surface area contributed by atoms with Crippen LogP contribution in [0.3, 0.4) is 0 Å². The third kappa shape index (κ3) is 4.23. The molecule has 0 aliphatic carbocycles. The van der Waals surface area contributed by atoms with Crippen LogP contribution in [0.4, 0.5) is 5.69 Å². The minimum Gasteiger partial charge on any atom is -0.367 e. The molecule has 2 aromatic rings. The number of carbonyl (C=O) groups excluding carboxylic acids is 1. The van der Waals surface area contributed by atoms with Crippen molar-refractivity contribution in [2.24, 2.45) is 5.10 Å². The number of methoxy groups -OCH3 is 1. The number of hydrogen-bond donors (Lipinski definition) is 1. The van der Waals surface area contributed by atoms with E-state index in [0.29, 0.717) is 16.7 Å². The molecular weight excluding hydrogens is 310 g/mol. The lowest BCUT2D eigenvalue weighted by atomic mass is 10.1. The molecule has 2 aromatic carbocycles. The van der Waals surface area contributed by atoms with Crippen molar-refractivity contribution in [1.82, 2.24) is 5.43 Å². The van der Waals surface area contributed by atoms with Gasteiger partial charge in [-0.25, -0.2) is 5.43 Å². The number of nitro groups is 1. The number of amides is 1. The monoisotopic (exact) mass is 327 g/mol. The number of nitrogens with zero attached hydrogens (tertiary/aromatic N) is 2. The van der Waals surface area contributed by atoms with Crippen LogP contribution in [0.15, 0.2) is 53.6 Å². The van der Waals surface area contributed by atoms with E-state index in [-0.39, 0.29) is 5.69 Å². The zero-order valence-corrected chi connectivity index (χ0v) is 13.3. The molecule has 7 nitrogen and oxygen atoms in total. The van der Waals surface area contributed by atoms with Gasteiger partial charge in [-0.15, -0.1) is 0 Å². The van der Waals surface area contributed by atoms with Gasteiger partial charge >= 0.3 is 0 Å². The van der Waals surface area contributed by atoms with Crippen molar-refractivity contribution in [3.63, 3.8) is 0 Å². The average molecular weight is 327 g/mol. The topological polar surface area (TPSA) is 93.8 Å². The molecule has 0 aliphatic heterocycles. The Morgan fingerprint density at radius 3 is 2.62 bits per heavy atom. The summed E-state index contributed by atoms with van der Waals surface area (Å²) in [6.07, 6.45) is 0.568. The first-order valence-electron chi connectivity index (χ1n) is 7.18. The molecule has 0 aliphatic rings. The minimum atomic E-state index is -0.782. The largest absolute Gasteiger partial charge is 0.367 e. The first-order chi connectivity index (χ1) is 11.5. The Hall–Kier alpha value is -3.06. The summed E-state index contributed by atoms with van der Waals surface area (Å²) in [6.45, 7) is 1.66. The lowest BCUT2D eigenvalue weighted by Crippen LogP contribution is -2.26. The molecule has 0 aromatic heterocycles. The maximum atomic E-state index is 12.1. The van der Waals surface area contributed by atoms with Crippen LogP contribution < -0.4 is 5.43 Å². The van der Waals surface area contributed by atoms with E-state index in [9.17, 15) is 14.9 Å². The van der Waals surface area contributed by atoms with Crippen molar-refractivity contribution >= 4 is 17.8 Å². The third-order valence-electron chi connectivity index (χ3n) is 3.39. The Morgan fingerprint density at radius 2 is 2.00 bits per heavy atom. The standard InChI is InChI=1S/C17H17N3O4/c1-12-8-9-13(10-15(12)20(22)23)11-18-19-17(21)16(24-2)14-6-4-3-5-7-14/h3-11,16H,1-2H3,(H,19,21)/b18-11-/t16-/m0/s1. The van der Waals surface area contributed by atoms with Crippen molar-refractivity contribution in [2.45, 2.75) is 13.0 Å². The first kappa shape index (κ1) is 17.3. The lowest BCUT2D eigenvalue weighted by molar-refractivity contribution is -0.385. The molecule has 124 valence electrons. The van der Waals surface area contributed by atoms with Gasteiger partial charge in [-0.3, -0.25) is 14.9 Å². The van der Waals surface area contributed by atoms with Crippen molar-refractivity contribution in [3.05, 3.63) is 75.3 Å². The van der Waals surface area contributed by atoms with Crippen LogP contribution in [-0.2, 0) is 9.53 Å². The Balaban J connectivity index is 2.07. The smallest absolute Gasteiger partial charge is 0.273 e. The number of hydrazone groups is 1. The van der Waals surface area contributed by atoms with Crippen LogP contribution in [0, 0.1) is 17.0 Å².